The Hall–Kier alpha value is -0.730. The van der Waals surface area contributed by atoms with E-state index < -0.39 is 0 Å². The molecule has 0 unspecified atom stereocenters. The van der Waals surface area contributed by atoms with E-state index in [0.29, 0.717) is 6.04 Å². The Balaban J connectivity index is 2.05. The molecule has 2 N–H and O–H groups in total. The lowest BCUT2D eigenvalue weighted by Crippen LogP contribution is -2.41. The second kappa shape index (κ2) is 8.37. The largest absolute Gasteiger partial charge is 0.356 e. The van der Waals surface area contributed by atoms with Gasteiger partial charge in [0.1, 0.15) is 0 Å². The molecule has 1 rings (SSSR count). The zero-order valence-corrected chi connectivity index (χ0v) is 11.8. The Morgan fingerprint density at radius 2 is 1.94 bits per heavy atom. The van der Waals surface area contributed by atoms with E-state index in [9.17, 15) is 0 Å². The van der Waals surface area contributed by atoms with E-state index >= 15 is 0 Å². The van der Waals surface area contributed by atoms with Gasteiger partial charge in [0.15, 0.2) is 5.96 Å². The van der Waals surface area contributed by atoms with Crippen LogP contribution in [0.2, 0.25) is 0 Å². The second-order valence-corrected chi connectivity index (χ2v) is 5.44. The van der Waals surface area contributed by atoms with Gasteiger partial charge in [-0.2, -0.15) is 0 Å². The van der Waals surface area contributed by atoms with Crippen LogP contribution in [0, 0.1) is 5.92 Å². The summed E-state index contributed by atoms with van der Waals surface area (Å²) in [5.74, 6) is 1.93. The molecule has 0 spiro atoms. The van der Waals surface area contributed by atoms with Crippen LogP contribution in [0.25, 0.3) is 0 Å². The molecule has 1 fully saturated rings. The van der Waals surface area contributed by atoms with Gasteiger partial charge in [0.25, 0.3) is 0 Å². The standard InChI is InChI=1S/C14H29N3/c1-12(2)17-14(15-3)16-11-7-10-13-8-5-4-6-9-13/h12-13H,4-11H2,1-3H3,(H2,15,16,17). The lowest BCUT2D eigenvalue weighted by molar-refractivity contribution is 0.332. The van der Waals surface area contributed by atoms with Crippen molar-refractivity contribution in [2.75, 3.05) is 13.6 Å². The first-order chi connectivity index (χ1) is 8.22. The van der Waals surface area contributed by atoms with Crippen molar-refractivity contribution in [3.63, 3.8) is 0 Å². The van der Waals surface area contributed by atoms with Gasteiger partial charge in [0.05, 0.1) is 0 Å². The van der Waals surface area contributed by atoms with Crippen LogP contribution < -0.4 is 10.6 Å². The van der Waals surface area contributed by atoms with Gasteiger partial charge < -0.3 is 10.6 Å². The molecule has 1 saturated carbocycles. The average Bonchev–Trinajstić information content (AvgIpc) is 2.34. The molecule has 1 aliphatic carbocycles. The molecule has 100 valence electrons. The van der Waals surface area contributed by atoms with Gasteiger partial charge in [-0.1, -0.05) is 32.1 Å². The van der Waals surface area contributed by atoms with E-state index in [1.54, 1.807) is 0 Å². The van der Waals surface area contributed by atoms with Crippen molar-refractivity contribution in [2.24, 2.45) is 10.9 Å². The fourth-order valence-corrected chi connectivity index (χ4v) is 2.54. The smallest absolute Gasteiger partial charge is 0.191 e. The summed E-state index contributed by atoms with van der Waals surface area (Å²) in [5, 5.41) is 6.69. The molecule has 0 bridgehead atoms. The minimum absolute atomic E-state index is 0.444. The van der Waals surface area contributed by atoms with Crippen molar-refractivity contribution in [2.45, 2.75) is 64.8 Å². The van der Waals surface area contributed by atoms with Crippen molar-refractivity contribution in [1.29, 1.82) is 0 Å². The molecule has 17 heavy (non-hydrogen) atoms. The van der Waals surface area contributed by atoms with Crippen molar-refractivity contribution < 1.29 is 0 Å². The average molecular weight is 239 g/mol. The van der Waals surface area contributed by atoms with Crippen LogP contribution in [-0.2, 0) is 0 Å². The summed E-state index contributed by atoms with van der Waals surface area (Å²) >= 11 is 0. The van der Waals surface area contributed by atoms with E-state index in [-0.39, 0.29) is 0 Å². The molecular formula is C14H29N3. The first-order valence-corrected chi connectivity index (χ1v) is 7.19. The third-order valence-corrected chi connectivity index (χ3v) is 3.46. The van der Waals surface area contributed by atoms with Gasteiger partial charge >= 0.3 is 0 Å². The number of nitrogens with one attached hydrogen (secondary N) is 2. The zero-order chi connectivity index (χ0) is 12.5. The van der Waals surface area contributed by atoms with Gasteiger partial charge in [-0.15, -0.1) is 0 Å². The molecule has 0 radical (unpaired) electrons. The summed E-state index contributed by atoms with van der Waals surface area (Å²) in [6.45, 7) is 5.31. The number of aliphatic imine (C=N–C) groups is 1. The Bertz CT molecular complexity index is 218. The molecule has 0 atom stereocenters. The normalized spacial score (nSPS) is 18.5. The SMILES string of the molecule is CN=C(NCCCC1CCCCC1)NC(C)C. The van der Waals surface area contributed by atoms with Gasteiger partial charge in [0.2, 0.25) is 0 Å². The Morgan fingerprint density at radius 1 is 1.24 bits per heavy atom. The fraction of sp³-hybridized carbons (Fsp3) is 0.929. The maximum atomic E-state index is 4.21. The molecule has 0 saturated heterocycles. The van der Waals surface area contributed by atoms with E-state index in [1.807, 2.05) is 7.05 Å². The monoisotopic (exact) mass is 239 g/mol. The summed E-state index contributed by atoms with van der Waals surface area (Å²) in [6, 6.07) is 0.444. The second-order valence-electron chi connectivity index (χ2n) is 5.44. The number of nitrogens with zero attached hydrogens (tertiary/aromatic N) is 1. The van der Waals surface area contributed by atoms with Crippen LogP contribution in [0.4, 0.5) is 0 Å². The van der Waals surface area contributed by atoms with Crippen LogP contribution in [0.15, 0.2) is 4.99 Å². The van der Waals surface area contributed by atoms with Gasteiger partial charge in [-0.05, 0) is 32.6 Å². The van der Waals surface area contributed by atoms with Gasteiger partial charge in [-0.25, -0.2) is 0 Å². The summed E-state index contributed by atoms with van der Waals surface area (Å²) in [7, 11) is 1.83. The van der Waals surface area contributed by atoms with Crippen molar-refractivity contribution >= 4 is 5.96 Å². The van der Waals surface area contributed by atoms with Crippen LogP contribution in [0.5, 0.6) is 0 Å². The van der Waals surface area contributed by atoms with Crippen LogP contribution in [-0.4, -0.2) is 25.6 Å². The Morgan fingerprint density at radius 3 is 2.53 bits per heavy atom. The highest BCUT2D eigenvalue weighted by Crippen LogP contribution is 2.26. The minimum Gasteiger partial charge on any atom is -0.356 e. The Labute approximate surface area is 106 Å². The van der Waals surface area contributed by atoms with Crippen LogP contribution in [0.3, 0.4) is 0 Å². The molecule has 3 nitrogen and oxygen atoms in total. The van der Waals surface area contributed by atoms with Gasteiger partial charge in [-0.3, -0.25) is 4.99 Å². The topological polar surface area (TPSA) is 36.4 Å². The summed E-state index contributed by atoms with van der Waals surface area (Å²) < 4.78 is 0. The predicted octanol–water partition coefficient (Wildman–Crippen LogP) is 2.92. The van der Waals surface area contributed by atoms with Crippen molar-refractivity contribution in [3.8, 4) is 0 Å². The molecule has 0 amide bonds. The quantitative estimate of drug-likeness (QED) is 0.440. The summed E-state index contributed by atoms with van der Waals surface area (Å²) in [6.07, 6.45) is 9.93. The lowest BCUT2D eigenvalue weighted by atomic mass is 9.86. The molecule has 0 aliphatic heterocycles. The molecule has 3 heteroatoms. The minimum atomic E-state index is 0.444. The van der Waals surface area contributed by atoms with Crippen LogP contribution >= 0.6 is 0 Å². The Kier molecular flexibility index (Phi) is 7.06. The highest BCUT2D eigenvalue weighted by atomic mass is 15.2. The third kappa shape index (κ3) is 6.54. The molecular weight excluding hydrogens is 210 g/mol. The van der Waals surface area contributed by atoms with Crippen molar-refractivity contribution in [1.82, 2.24) is 10.6 Å². The maximum Gasteiger partial charge on any atom is 0.191 e. The molecule has 0 aromatic rings. The first kappa shape index (κ1) is 14.3. The third-order valence-electron chi connectivity index (χ3n) is 3.46. The highest BCUT2D eigenvalue weighted by molar-refractivity contribution is 5.79. The predicted molar refractivity (Wildman–Crippen MR) is 75.4 cm³/mol. The molecule has 0 aromatic heterocycles. The van der Waals surface area contributed by atoms with E-state index in [1.165, 1.54) is 44.9 Å². The lowest BCUT2D eigenvalue weighted by Gasteiger charge is -2.21. The maximum absolute atomic E-state index is 4.21. The van der Waals surface area contributed by atoms with Crippen molar-refractivity contribution in [3.05, 3.63) is 0 Å². The highest BCUT2D eigenvalue weighted by Gasteiger charge is 2.12. The first-order valence-electron chi connectivity index (χ1n) is 7.19. The van der Waals surface area contributed by atoms with E-state index in [4.69, 9.17) is 0 Å². The van der Waals surface area contributed by atoms with E-state index in [2.05, 4.69) is 29.5 Å². The summed E-state index contributed by atoms with van der Waals surface area (Å²) in [4.78, 5) is 4.21. The van der Waals surface area contributed by atoms with Crippen LogP contribution in [0.1, 0.15) is 58.8 Å². The number of hydrogen-bond acceptors (Lipinski definition) is 1. The zero-order valence-electron chi connectivity index (χ0n) is 11.8. The number of guanidine groups is 1. The fourth-order valence-electron chi connectivity index (χ4n) is 2.54. The molecule has 1 aliphatic rings. The van der Waals surface area contributed by atoms with Gasteiger partial charge in [0, 0.05) is 19.6 Å². The molecule has 0 heterocycles. The number of hydrogen-bond donors (Lipinski definition) is 2. The molecule has 0 aromatic carbocycles. The summed E-state index contributed by atoms with van der Waals surface area (Å²) in [5.41, 5.74) is 0. The number of rotatable bonds is 5. The van der Waals surface area contributed by atoms with E-state index in [0.717, 1.165) is 18.4 Å².